The van der Waals surface area contributed by atoms with Crippen molar-refractivity contribution in [1.82, 2.24) is 4.90 Å². The Morgan fingerprint density at radius 3 is 2.24 bits per heavy atom. The molecule has 1 amide bonds. The fourth-order valence-electron chi connectivity index (χ4n) is 2.83. The number of esters is 1. The number of carbonyl (C=O) groups is 2. The first-order valence-corrected chi connectivity index (χ1v) is 8.79. The number of nitrogens with zero attached hydrogens (tertiary/aromatic N) is 2. The Morgan fingerprint density at radius 1 is 1.17 bits per heavy atom. The molecule has 0 aliphatic carbocycles. The van der Waals surface area contributed by atoms with E-state index in [9.17, 15) is 32.9 Å². The fourth-order valence-corrected chi connectivity index (χ4v) is 2.83. The molecule has 0 saturated carbocycles. The number of hydrogen-bond acceptors (Lipinski definition) is 6. The van der Waals surface area contributed by atoms with Crippen molar-refractivity contribution in [3.8, 4) is 0 Å². The minimum atomic E-state index is -4.73. The normalized spacial score (nSPS) is 20.1. The van der Waals surface area contributed by atoms with E-state index in [4.69, 9.17) is 9.47 Å². The quantitative estimate of drug-likeness (QED) is 0.417. The second-order valence-corrected chi connectivity index (χ2v) is 7.59. The van der Waals surface area contributed by atoms with Gasteiger partial charge in [-0.05, 0) is 32.9 Å². The first kappa shape index (κ1) is 22.4. The van der Waals surface area contributed by atoms with Crippen LogP contribution >= 0.6 is 0 Å². The number of rotatable bonds is 3. The van der Waals surface area contributed by atoms with Crippen LogP contribution in [0, 0.1) is 10.1 Å². The maximum Gasteiger partial charge on any atom is 0.410 e. The van der Waals surface area contributed by atoms with Gasteiger partial charge < -0.3 is 9.47 Å². The van der Waals surface area contributed by atoms with Gasteiger partial charge in [0, 0.05) is 31.5 Å². The zero-order chi connectivity index (χ0) is 22.0. The van der Waals surface area contributed by atoms with Gasteiger partial charge in [-0.3, -0.25) is 15.0 Å². The minimum Gasteiger partial charge on any atom is -0.459 e. The van der Waals surface area contributed by atoms with Gasteiger partial charge in [0.05, 0.1) is 10.5 Å². The van der Waals surface area contributed by atoms with Gasteiger partial charge in [-0.25, -0.2) is 9.59 Å². The van der Waals surface area contributed by atoms with E-state index >= 15 is 0 Å². The van der Waals surface area contributed by atoms with Gasteiger partial charge in [0.25, 0.3) is 5.69 Å². The second kappa shape index (κ2) is 8.26. The fraction of sp³-hybridized carbons (Fsp3) is 0.556. The molecule has 1 fully saturated rings. The molecule has 0 spiro atoms. The van der Waals surface area contributed by atoms with E-state index in [1.54, 1.807) is 20.8 Å². The number of benzene rings is 1. The number of likely N-dealkylation sites (tertiary alicyclic amines) is 1. The van der Waals surface area contributed by atoms with Gasteiger partial charge in [0.2, 0.25) is 0 Å². The highest BCUT2D eigenvalue weighted by Gasteiger charge is 2.50. The summed E-state index contributed by atoms with van der Waals surface area (Å²) in [4.78, 5) is 34.9. The topological polar surface area (TPSA) is 99.0 Å². The number of halogens is 3. The predicted molar refractivity (Wildman–Crippen MR) is 94.3 cm³/mol. The molecule has 29 heavy (non-hydrogen) atoms. The maximum absolute atomic E-state index is 13.5. The van der Waals surface area contributed by atoms with Crippen LogP contribution in [-0.2, 0) is 9.47 Å². The molecule has 1 aliphatic heterocycles. The lowest BCUT2D eigenvalue weighted by molar-refractivity contribution is -0.384. The molecule has 1 saturated heterocycles. The van der Waals surface area contributed by atoms with Gasteiger partial charge in [0.1, 0.15) is 17.7 Å². The Kier molecular flexibility index (Phi) is 6.39. The number of piperidine rings is 1. The summed E-state index contributed by atoms with van der Waals surface area (Å²) in [6, 6.07) is 2.37. The molecule has 1 aromatic carbocycles. The molecule has 0 aromatic heterocycles. The van der Waals surface area contributed by atoms with E-state index in [1.165, 1.54) is 0 Å². The smallest absolute Gasteiger partial charge is 0.410 e. The third kappa shape index (κ3) is 6.06. The Labute approximate surface area is 164 Å². The van der Waals surface area contributed by atoms with Crippen molar-refractivity contribution in [2.24, 2.45) is 0 Å². The summed E-state index contributed by atoms with van der Waals surface area (Å²) in [5, 5.41) is 10.6. The van der Waals surface area contributed by atoms with Gasteiger partial charge in [-0.2, -0.15) is 13.2 Å². The van der Waals surface area contributed by atoms with E-state index in [2.05, 4.69) is 0 Å². The third-order valence-corrected chi connectivity index (χ3v) is 4.15. The molecule has 2 rings (SSSR count). The molecule has 0 unspecified atom stereocenters. The Balaban J connectivity index is 2.08. The summed E-state index contributed by atoms with van der Waals surface area (Å²) < 4.78 is 50.6. The first-order valence-electron chi connectivity index (χ1n) is 8.79. The summed E-state index contributed by atoms with van der Waals surface area (Å²) in [5.74, 6) is -0.892. The molecule has 0 N–H and O–H groups in total. The summed E-state index contributed by atoms with van der Waals surface area (Å²) in [6.07, 6.45) is -7.50. The number of carbonyl (C=O) groups excluding carboxylic acids is 2. The number of alkyl halides is 3. The zero-order valence-corrected chi connectivity index (χ0v) is 16.1. The van der Waals surface area contributed by atoms with Crippen molar-refractivity contribution >= 4 is 17.7 Å². The zero-order valence-electron chi connectivity index (χ0n) is 16.1. The molecular formula is C18H21F3N2O6. The lowest BCUT2D eigenvalue weighted by Crippen LogP contribution is -2.55. The van der Waals surface area contributed by atoms with Crippen molar-refractivity contribution < 1.29 is 37.2 Å². The number of ether oxygens (including phenoxy) is 2. The molecule has 1 heterocycles. The molecule has 0 radical (unpaired) electrons. The summed E-state index contributed by atoms with van der Waals surface area (Å²) in [6.45, 7) is 4.35. The van der Waals surface area contributed by atoms with Crippen molar-refractivity contribution in [3.05, 3.63) is 39.9 Å². The van der Waals surface area contributed by atoms with Crippen molar-refractivity contribution in [1.29, 1.82) is 0 Å². The molecule has 0 bridgehead atoms. The molecule has 160 valence electrons. The highest BCUT2D eigenvalue weighted by atomic mass is 19.4. The van der Waals surface area contributed by atoms with Crippen molar-refractivity contribution in [2.75, 3.05) is 6.54 Å². The number of non-ortho nitro benzene ring substituents is 1. The molecule has 11 heteroatoms. The highest BCUT2D eigenvalue weighted by Crippen LogP contribution is 2.34. The van der Waals surface area contributed by atoms with Crippen molar-refractivity contribution in [2.45, 2.75) is 57.5 Å². The maximum atomic E-state index is 13.5. The van der Waals surface area contributed by atoms with Gasteiger partial charge in [-0.15, -0.1) is 0 Å². The molecule has 2 atom stereocenters. The average molecular weight is 418 g/mol. The Hall–Kier alpha value is -2.85. The van der Waals surface area contributed by atoms with E-state index in [-0.39, 0.29) is 24.2 Å². The first-order chi connectivity index (χ1) is 13.3. The Bertz CT molecular complexity index is 773. The molecule has 1 aliphatic rings. The van der Waals surface area contributed by atoms with E-state index < -0.39 is 47.3 Å². The predicted octanol–water partition coefficient (Wildman–Crippen LogP) is 4.08. The monoisotopic (exact) mass is 418 g/mol. The van der Waals surface area contributed by atoms with Crippen LogP contribution in [0.1, 0.15) is 44.0 Å². The van der Waals surface area contributed by atoms with Crippen LogP contribution in [0.25, 0.3) is 0 Å². The molecule has 8 nitrogen and oxygen atoms in total. The lowest BCUT2D eigenvalue weighted by atomic mass is 9.99. The lowest BCUT2D eigenvalue weighted by Gasteiger charge is -2.40. The van der Waals surface area contributed by atoms with Crippen LogP contribution in [0.4, 0.5) is 23.7 Å². The number of hydrogen-bond donors (Lipinski definition) is 0. The minimum absolute atomic E-state index is 0.00451. The van der Waals surface area contributed by atoms with Crippen molar-refractivity contribution in [3.63, 3.8) is 0 Å². The third-order valence-electron chi connectivity index (χ3n) is 4.15. The number of amides is 1. The summed E-state index contributed by atoms with van der Waals surface area (Å²) in [5.41, 5.74) is -1.20. The van der Waals surface area contributed by atoms with E-state index in [0.29, 0.717) is 4.90 Å². The van der Waals surface area contributed by atoms with Crippen LogP contribution in [0.2, 0.25) is 0 Å². The van der Waals surface area contributed by atoms with Crippen LogP contribution in [0.5, 0.6) is 0 Å². The van der Waals surface area contributed by atoms with E-state index in [0.717, 1.165) is 24.3 Å². The summed E-state index contributed by atoms with van der Waals surface area (Å²) >= 11 is 0. The number of nitro groups is 1. The van der Waals surface area contributed by atoms with Crippen LogP contribution in [0.15, 0.2) is 24.3 Å². The van der Waals surface area contributed by atoms with Gasteiger partial charge in [-0.1, -0.05) is 0 Å². The van der Waals surface area contributed by atoms with Crippen LogP contribution in [-0.4, -0.2) is 52.4 Å². The van der Waals surface area contributed by atoms with Gasteiger partial charge in [0.15, 0.2) is 0 Å². The van der Waals surface area contributed by atoms with Crippen LogP contribution < -0.4 is 0 Å². The highest BCUT2D eigenvalue weighted by molar-refractivity contribution is 5.89. The average Bonchev–Trinajstić information content (AvgIpc) is 2.59. The van der Waals surface area contributed by atoms with E-state index in [1.807, 2.05) is 0 Å². The summed E-state index contributed by atoms with van der Waals surface area (Å²) in [7, 11) is 0. The number of nitro benzene ring substituents is 1. The van der Waals surface area contributed by atoms with Crippen LogP contribution in [0.3, 0.4) is 0 Å². The second-order valence-electron chi connectivity index (χ2n) is 7.59. The Morgan fingerprint density at radius 2 is 1.76 bits per heavy atom. The standard InChI is InChI=1S/C18H21F3N2O6/c1-17(2,3)29-16(25)22-9-8-13(10-14(22)18(19,20)21)28-15(24)11-4-6-12(7-5-11)23(26)27/h4-7,13-14H,8-10H2,1-3H3/t13-,14-/m0/s1. The largest absolute Gasteiger partial charge is 0.459 e. The molecule has 1 aromatic rings. The SMILES string of the molecule is CC(C)(C)OC(=O)N1CC[C@H](OC(=O)c2ccc([N+](=O)[O-])cc2)C[C@H]1C(F)(F)F. The van der Waals surface area contributed by atoms with Gasteiger partial charge >= 0.3 is 18.2 Å². The molecular weight excluding hydrogens is 397 g/mol.